The van der Waals surface area contributed by atoms with Crippen molar-refractivity contribution in [2.45, 2.75) is 44.0 Å². The molecule has 2 unspecified atom stereocenters. The zero-order valence-electron chi connectivity index (χ0n) is 17.8. The third-order valence-corrected chi connectivity index (χ3v) is 5.98. The highest BCUT2D eigenvalue weighted by atomic mass is 127. The van der Waals surface area contributed by atoms with E-state index in [2.05, 4.69) is 28.8 Å². The highest BCUT2D eigenvalue weighted by molar-refractivity contribution is 14.0. The molecule has 30 heavy (non-hydrogen) atoms. The number of aliphatic imine (C=N–C) groups is 1. The quantitative estimate of drug-likeness (QED) is 0.283. The summed E-state index contributed by atoms with van der Waals surface area (Å²) in [4.78, 5) is 9.13. The number of rotatable bonds is 8. The molecule has 1 heterocycles. The fourth-order valence-electron chi connectivity index (χ4n) is 3.32. The highest BCUT2D eigenvalue weighted by Gasteiger charge is 2.24. The summed E-state index contributed by atoms with van der Waals surface area (Å²) in [6, 6.07) is 11.8. The molecule has 6 nitrogen and oxygen atoms in total. The van der Waals surface area contributed by atoms with Gasteiger partial charge >= 0.3 is 0 Å². The second-order valence-electron chi connectivity index (χ2n) is 6.99. The lowest BCUT2D eigenvalue weighted by Crippen LogP contribution is -2.42. The minimum atomic E-state index is 0. The topological polar surface area (TPSA) is 67.8 Å². The van der Waals surface area contributed by atoms with E-state index in [9.17, 15) is 0 Å². The van der Waals surface area contributed by atoms with Gasteiger partial charge in [-0.15, -0.1) is 24.0 Å². The third-order valence-electron chi connectivity index (χ3n) is 4.88. The molecule has 1 aliphatic rings. The van der Waals surface area contributed by atoms with Crippen molar-refractivity contribution in [3.05, 3.63) is 48.2 Å². The molecular formula is C22H31IN4O2S. The molecular weight excluding hydrogens is 511 g/mol. The average Bonchev–Trinajstić information content (AvgIpc) is 3.21. The molecule has 0 bridgehead atoms. The lowest BCUT2D eigenvalue weighted by atomic mass is 10.2. The summed E-state index contributed by atoms with van der Waals surface area (Å²) < 4.78 is 11.0. The number of nitrogens with zero attached hydrogens (tertiary/aromatic N) is 2. The second-order valence-corrected chi connectivity index (χ2v) is 8.13. The minimum absolute atomic E-state index is 0. The summed E-state index contributed by atoms with van der Waals surface area (Å²) in [6.07, 6.45) is 7.68. The predicted octanol–water partition coefficient (Wildman–Crippen LogP) is 4.84. The molecule has 0 radical (unpaired) electrons. The normalized spacial score (nSPS) is 18.4. The number of ether oxygens (including phenoxy) is 2. The molecule has 0 saturated heterocycles. The molecule has 1 aromatic heterocycles. The summed E-state index contributed by atoms with van der Waals surface area (Å²) in [5.74, 6) is 2.87. The molecule has 2 atom stereocenters. The van der Waals surface area contributed by atoms with Crippen LogP contribution in [0.15, 0.2) is 47.6 Å². The summed E-state index contributed by atoms with van der Waals surface area (Å²) in [5, 5.41) is 7.68. The summed E-state index contributed by atoms with van der Waals surface area (Å²) in [6.45, 7) is 3.50. The Hall–Kier alpha value is -1.68. The molecule has 0 aliphatic heterocycles. The van der Waals surface area contributed by atoms with Gasteiger partial charge in [-0.05, 0) is 50.1 Å². The number of benzene rings is 1. The van der Waals surface area contributed by atoms with Crippen LogP contribution < -0.4 is 20.1 Å². The van der Waals surface area contributed by atoms with E-state index in [4.69, 9.17) is 14.5 Å². The number of thioether (sulfide) groups is 1. The van der Waals surface area contributed by atoms with E-state index in [1.807, 2.05) is 54.4 Å². The van der Waals surface area contributed by atoms with Crippen LogP contribution in [0.1, 0.15) is 31.7 Å². The zero-order valence-corrected chi connectivity index (χ0v) is 20.9. The smallest absolute Gasteiger partial charge is 0.219 e. The van der Waals surface area contributed by atoms with Crippen LogP contribution in [-0.2, 0) is 6.54 Å². The molecule has 1 aliphatic carbocycles. The summed E-state index contributed by atoms with van der Waals surface area (Å²) in [5.41, 5.74) is 1.04. The van der Waals surface area contributed by atoms with E-state index in [0.717, 1.165) is 29.1 Å². The number of aromatic nitrogens is 1. The van der Waals surface area contributed by atoms with Gasteiger partial charge in [0.05, 0.1) is 13.7 Å². The van der Waals surface area contributed by atoms with Gasteiger partial charge in [0, 0.05) is 36.2 Å². The fraction of sp³-hybridized carbons (Fsp3) is 0.455. The monoisotopic (exact) mass is 542 g/mol. The first-order valence-electron chi connectivity index (χ1n) is 10.0. The Bertz CT molecular complexity index is 804. The van der Waals surface area contributed by atoms with E-state index >= 15 is 0 Å². The van der Waals surface area contributed by atoms with Crippen molar-refractivity contribution in [1.82, 2.24) is 15.6 Å². The van der Waals surface area contributed by atoms with Crippen LogP contribution in [0.25, 0.3) is 0 Å². The van der Waals surface area contributed by atoms with Gasteiger partial charge < -0.3 is 20.1 Å². The Morgan fingerprint density at radius 2 is 2.07 bits per heavy atom. The van der Waals surface area contributed by atoms with Crippen LogP contribution >= 0.6 is 35.7 Å². The summed E-state index contributed by atoms with van der Waals surface area (Å²) >= 11 is 1.96. The van der Waals surface area contributed by atoms with Gasteiger partial charge in [-0.25, -0.2) is 9.98 Å². The van der Waals surface area contributed by atoms with Crippen molar-refractivity contribution in [3.8, 4) is 17.4 Å². The zero-order chi connectivity index (χ0) is 20.5. The second kappa shape index (κ2) is 12.9. The molecule has 1 aromatic carbocycles. The molecule has 2 N–H and O–H groups in total. The molecule has 3 rings (SSSR count). The Morgan fingerprint density at radius 1 is 1.23 bits per heavy atom. The van der Waals surface area contributed by atoms with Gasteiger partial charge in [0.25, 0.3) is 0 Å². The van der Waals surface area contributed by atoms with Crippen LogP contribution in [-0.4, -0.2) is 42.1 Å². The van der Waals surface area contributed by atoms with Crippen LogP contribution in [0.2, 0.25) is 0 Å². The van der Waals surface area contributed by atoms with E-state index in [-0.39, 0.29) is 24.0 Å². The average molecular weight is 542 g/mol. The van der Waals surface area contributed by atoms with Crippen LogP contribution in [0.5, 0.6) is 17.4 Å². The van der Waals surface area contributed by atoms with Gasteiger partial charge in [-0.2, -0.15) is 11.8 Å². The van der Waals surface area contributed by atoms with Gasteiger partial charge in [-0.1, -0.05) is 12.1 Å². The number of halogens is 1. The maximum absolute atomic E-state index is 5.80. The lowest BCUT2D eigenvalue weighted by Gasteiger charge is -2.17. The van der Waals surface area contributed by atoms with E-state index < -0.39 is 0 Å². The van der Waals surface area contributed by atoms with E-state index in [1.165, 1.54) is 19.3 Å². The molecule has 2 aromatic rings. The Kier molecular flexibility index (Phi) is 10.6. The van der Waals surface area contributed by atoms with Gasteiger partial charge in [0.1, 0.15) is 11.5 Å². The number of methoxy groups -OCH3 is 1. The minimum Gasteiger partial charge on any atom is -0.497 e. The van der Waals surface area contributed by atoms with E-state index in [1.54, 1.807) is 7.11 Å². The molecule has 0 amide bonds. The number of pyridine rings is 1. The third kappa shape index (κ3) is 7.54. The number of guanidine groups is 1. The molecule has 8 heteroatoms. The largest absolute Gasteiger partial charge is 0.497 e. The van der Waals surface area contributed by atoms with Crippen molar-refractivity contribution in [2.24, 2.45) is 4.99 Å². The highest BCUT2D eigenvalue weighted by Crippen LogP contribution is 2.28. The van der Waals surface area contributed by atoms with Crippen molar-refractivity contribution >= 4 is 41.7 Å². The Balaban J connectivity index is 0.00000320. The fourth-order valence-corrected chi connectivity index (χ4v) is 4.12. The van der Waals surface area contributed by atoms with Gasteiger partial charge in [0.15, 0.2) is 5.96 Å². The van der Waals surface area contributed by atoms with Gasteiger partial charge in [0.2, 0.25) is 5.88 Å². The van der Waals surface area contributed by atoms with Crippen LogP contribution in [0.3, 0.4) is 0 Å². The lowest BCUT2D eigenvalue weighted by molar-refractivity contribution is 0.407. The maximum Gasteiger partial charge on any atom is 0.219 e. The number of nitrogens with one attached hydrogen (secondary N) is 2. The molecule has 1 saturated carbocycles. The number of hydrogen-bond donors (Lipinski definition) is 2. The molecule has 0 spiro atoms. The summed E-state index contributed by atoms with van der Waals surface area (Å²) in [7, 11) is 1.64. The predicted molar refractivity (Wildman–Crippen MR) is 136 cm³/mol. The molecule has 164 valence electrons. The molecule has 1 fully saturated rings. The van der Waals surface area contributed by atoms with Crippen molar-refractivity contribution in [1.29, 1.82) is 0 Å². The van der Waals surface area contributed by atoms with Gasteiger partial charge in [-0.3, -0.25) is 0 Å². The van der Waals surface area contributed by atoms with E-state index in [0.29, 0.717) is 24.2 Å². The van der Waals surface area contributed by atoms with Crippen LogP contribution in [0.4, 0.5) is 0 Å². The van der Waals surface area contributed by atoms with Crippen LogP contribution in [0, 0.1) is 0 Å². The first-order valence-corrected chi connectivity index (χ1v) is 11.3. The first-order chi connectivity index (χ1) is 14.2. The Morgan fingerprint density at radius 3 is 2.73 bits per heavy atom. The van der Waals surface area contributed by atoms with Crippen molar-refractivity contribution in [2.75, 3.05) is 19.9 Å². The SMILES string of the molecule is CCNC(=NCc1ccc(Oc2cccc(OC)c2)nc1)NC1CCC(SC)C1.I. The first kappa shape index (κ1) is 24.6. The maximum atomic E-state index is 5.80. The standard InChI is InChI=1S/C22H30N4O2S.HI/c1-4-23-22(26-17-9-10-20(12-17)29-3)25-15-16-8-11-21(24-14-16)28-19-7-5-6-18(13-19)27-2;/h5-8,11,13-14,17,20H,4,9-10,12,15H2,1-3H3,(H2,23,25,26);1H. The Labute approximate surface area is 200 Å². The van der Waals surface area contributed by atoms with Crippen molar-refractivity contribution < 1.29 is 9.47 Å². The number of hydrogen-bond acceptors (Lipinski definition) is 5. The van der Waals surface area contributed by atoms with Crippen molar-refractivity contribution in [3.63, 3.8) is 0 Å².